The van der Waals surface area contributed by atoms with E-state index in [1.807, 2.05) is 6.07 Å². The lowest BCUT2D eigenvalue weighted by molar-refractivity contribution is 0.681. The Hall–Kier alpha value is -2.39. The van der Waals surface area contributed by atoms with Gasteiger partial charge in [0.2, 0.25) is 0 Å². The van der Waals surface area contributed by atoms with Gasteiger partial charge in [0.05, 0.1) is 5.52 Å². The molecular formula is C21H24N2O. The lowest BCUT2D eigenvalue weighted by atomic mass is 10.1. The van der Waals surface area contributed by atoms with Crippen molar-refractivity contribution in [1.29, 1.82) is 0 Å². The summed E-state index contributed by atoms with van der Waals surface area (Å²) in [6, 6.07) is 16.6. The molecule has 0 aliphatic rings. The number of rotatable bonds is 6. The van der Waals surface area contributed by atoms with Crippen molar-refractivity contribution in [3.63, 3.8) is 0 Å². The van der Waals surface area contributed by atoms with Crippen LogP contribution in [0.5, 0.6) is 0 Å². The van der Waals surface area contributed by atoms with Crippen molar-refractivity contribution >= 4 is 10.9 Å². The minimum atomic E-state index is 0.00629. The van der Waals surface area contributed by atoms with Gasteiger partial charge in [-0.3, -0.25) is 4.79 Å². The van der Waals surface area contributed by atoms with E-state index in [9.17, 15) is 4.79 Å². The molecule has 24 heavy (non-hydrogen) atoms. The maximum Gasteiger partial charge on any atom is 0.252 e. The van der Waals surface area contributed by atoms with Gasteiger partial charge in [0, 0.05) is 12.1 Å². The van der Waals surface area contributed by atoms with Gasteiger partial charge in [0.25, 0.3) is 5.56 Å². The highest BCUT2D eigenvalue weighted by Gasteiger charge is 2.05. The summed E-state index contributed by atoms with van der Waals surface area (Å²) in [7, 11) is 0. The molecule has 0 amide bonds. The van der Waals surface area contributed by atoms with Gasteiger partial charge in [-0.15, -0.1) is 0 Å². The standard InChI is InChI=1S/C21H24N2O/c1-3-16-9-6-10-18-13-19(21(24)23-20(16)18)14-22-12-11-17-8-5-4-7-15(17)2/h4-10,13,22H,3,11-12,14H2,1-2H3,(H,23,24). The average Bonchev–Trinajstić information content (AvgIpc) is 2.60. The van der Waals surface area contributed by atoms with E-state index in [1.54, 1.807) is 0 Å². The maximum atomic E-state index is 12.3. The highest BCUT2D eigenvalue weighted by Crippen LogP contribution is 2.16. The number of para-hydroxylation sites is 1. The first-order chi connectivity index (χ1) is 11.7. The predicted molar refractivity (Wildman–Crippen MR) is 101 cm³/mol. The summed E-state index contributed by atoms with van der Waals surface area (Å²) in [4.78, 5) is 15.4. The molecule has 2 aromatic carbocycles. The van der Waals surface area contributed by atoms with Crippen LogP contribution in [0, 0.1) is 6.92 Å². The molecule has 0 fully saturated rings. The third-order valence-electron chi connectivity index (χ3n) is 4.57. The van der Waals surface area contributed by atoms with E-state index < -0.39 is 0 Å². The number of aryl methyl sites for hydroxylation is 2. The number of fused-ring (bicyclic) bond motifs is 1. The number of nitrogens with one attached hydrogen (secondary N) is 2. The predicted octanol–water partition coefficient (Wildman–Crippen LogP) is 3.73. The topological polar surface area (TPSA) is 44.9 Å². The van der Waals surface area contributed by atoms with Gasteiger partial charge in [0.1, 0.15) is 0 Å². The molecule has 0 unspecified atom stereocenters. The minimum absolute atomic E-state index is 0.00629. The Kier molecular flexibility index (Phi) is 5.11. The molecular weight excluding hydrogens is 296 g/mol. The number of hydrogen-bond acceptors (Lipinski definition) is 2. The normalized spacial score (nSPS) is 11.1. The zero-order valence-corrected chi connectivity index (χ0v) is 14.4. The van der Waals surface area contributed by atoms with Gasteiger partial charge in [-0.1, -0.05) is 49.4 Å². The van der Waals surface area contributed by atoms with E-state index >= 15 is 0 Å². The van der Waals surface area contributed by atoms with Crippen LogP contribution in [0.4, 0.5) is 0 Å². The number of benzene rings is 2. The Balaban J connectivity index is 1.68. The molecule has 2 N–H and O–H groups in total. The average molecular weight is 320 g/mol. The first kappa shape index (κ1) is 16.5. The van der Waals surface area contributed by atoms with Crippen molar-refractivity contribution < 1.29 is 0 Å². The quantitative estimate of drug-likeness (QED) is 0.680. The van der Waals surface area contributed by atoms with Gasteiger partial charge in [-0.25, -0.2) is 0 Å². The van der Waals surface area contributed by atoms with Crippen LogP contribution in [-0.2, 0) is 19.4 Å². The van der Waals surface area contributed by atoms with Crippen molar-refractivity contribution in [1.82, 2.24) is 10.3 Å². The van der Waals surface area contributed by atoms with E-state index in [2.05, 4.69) is 66.6 Å². The zero-order chi connectivity index (χ0) is 16.9. The van der Waals surface area contributed by atoms with Gasteiger partial charge in [-0.2, -0.15) is 0 Å². The SMILES string of the molecule is CCc1cccc2cc(CNCCc3ccccc3C)c(=O)[nH]c12. The molecule has 0 saturated heterocycles. The highest BCUT2D eigenvalue weighted by atomic mass is 16.1. The van der Waals surface area contributed by atoms with Crippen molar-refractivity contribution in [2.24, 2.45) is 0 Å². The number of hydrogen-bond donors (Lipinski definition) is 2. The summed E-state index contributed by atoms with van der Waals surface area (Å²) in [5.41, 5.74) is 5.62. The van der Waals surface area contributed by atoms with Crippen LogP contribution in [0.2, 0.25) is 0 Å². The smallest absolute Gasteiger partial charge is 0.252 e. The van der Waals surface area contributed by atoms with E-state index in [4.69, 9.17) is 0 Å². The third-order valence-corrected chi connectivity index (χ3v) is 4.57. The number of aromatic amines is 1. The second-order valence-corrected chi connectivity index (χ2v) is 6.21. The monoisotopic (exact) mass is 320 g/mol. The summed E-state index contributed by atoms with van der Waals surface area (Å²) in [5.74, 6) is 0. The zero-order valence-electron chi connectivity index (χ0n) is 14.4. The van der Waals surface area contributed by atoms with Gasteiger partial charge in [-0.05, 0) is 54.5 Å². The van der Waals surface area contributed by atoms with Crippen LogP contribution in [0.1, 0.15) is 29.2 Å². The molecule has 0 saturated carbocycles. The van der Waals surface area contributed by atoms with E-state index in [-0.39, 0.29) is 5.56 Å². The molecule has 3 heteroatoms. The molecule has 3 nitrogen and oxygen atoms in total. The van der Waals surface area contributed by atoms with Crippen LogP contribution >= 0.6 is 0 Å². The largest absolute Gasteiger partial charge is 0.321 e. The molecule has 3 rings (SSSR count). The minimum Gasteiger partial charge on any atom is -0.321 e. The highest BCUT2D eigenvalue weighted by molar-refractivity contribution is 5.82. The molecule has 0 radical (unpaired) electrons. The van der Waals surface area contributed by atoms with Crippen LogP contribution in [-0.4, -0.2) is 11.5 Å². The molecule has 0 atom stereocenters. The van der Waals surface area contributed by atoms with Crippen molar-refractivity contribution in [3.8, 4) is 0 Å². The van der Waals surface area contributed by atoms with Crippen LogP contribution in [0.25, 0.3) is 10.9 Å². The Morgan fingerprint density at radius 1 is 1.00 bits per heavy atom. The molecule has 124 valence electrons. The number of H-pyrrole nitrogens is 1. The second-order valence-electron chi connectivity index (χ2n) is 6.21. The first-order valence-corrected chi connectivity index (χ1v) is 8.58. The molecule has 0 aliphatic heterocycles. The number of aromatic nitrogens is 1. The Morgan fingerprint density at radius 3 is 2.58 bits per heavy atom. The van der Waals surface area contributed by atoms with Gasteiger partial charge >= 0.3 is 0 Å². The fraction of sp³-hybridized carbons (Fsp3) is 0.286. The van der Waals surface area contributed by atoms with E-state index in [0.717, 1.165) is 35.9 Å². The fourth-order valence-electron chi connectivity index (χ4n) is 3.10. The Morgan fingerprint density at radius 2 is 1.79 bits per heavy atom. The lowest BCUT2D eigenvalue weighted by Gasteiger charge is -2.09. The van der Waals surface area contributed by atoms with E-state index in [1.165, 1.54) is 16.7 Å². The summed E-state index contributed by atoms with van der Waals surface area (Å²) < 4.78 is 0. The van der Waals surface area contributed by atoms with Crippen LogP contribution in [0.15, 0.2) is 53.3 Å². The summed E-state index contributed by atoms with van der Waals surface area (Å²) in [6.07, 6.45) is 1.89. The van der Waals surface area contributed by atoms with Crippen molar-refractivity contribution in [2.45, 2.75) is 33.2 Å². The van der Waals surface area contributed by atoms with Gasteiger partial charge in [0.15, 0.2) is 0 Å². The fourth-order valence-corrected chi connectivity index (χ4v) is 3.10. The Bertz CT molecular complexity index is 896. The van der Waals surface area contributed by atoms with E-state index in [0.29, 0.717) is 6.54 Å². The molecule has 0 bridgehead atoms. The molecule has 1 heterocycles. The number of pyridine rings is 1. The third kappa shape index (κ3) is 3.57. The maximum absolute atomic E-state index is 12.3. The second kappa shape index (κ2) is 7.45. The van der Waals surface area contributed by atoms with Crippen molar-refractivity contribution in [2.75, 3.05) is 6.54 Å². The molecule has 3 aromatic rings. The Labute approximate surface area is 142 Å². The first-order valence-electron chi connectivity index (χ1n) is 8.58. The summed E-state index contributed by atoms with van der Waals surface area (Å²) >= 11 is 0. The molecule has 0 aliphatic carbocycles. The van der Waals surface area contributed by atoms with Crippen LogP contribution < -0.4 is 10.9 Å². The van der Waals surface area contributed by atoms with Crippen LogP contribution in [0.3, 0.4) is 0 Å². The lowest BCUT2D eigenvalue weighted by Crippen LogP contribution is -2.23. The summed E-state index contributed by atoms with van der Waals surface area (Å²) in [6.45, 7) is 5.69. The molecule has 0 spiro atoms. The summed E-state index contributed by atoms with van der Waals surface area (Å²) in [5, 5.41) is 4.49. The van der Waals surface area contributed by atoms with Gasteiger partial charge < -0.3 is 10.3 Å². The van der Waals surface area contributed by atoms with Crippen molar-refractivity contribution in [3.05, 3.63) is 81.1 Å². The molecule has 1 aromatic heterocycles.